The van der Waals surface area contributed by atoms with Crippen molar-refractivity contribution < 1.29 is 9.53 Å². The van der Waals surface area contributed by atoms with Gasteiger partial charge in [-0.15, -0.1) is 0 Å². The molecule has 0 bridgehead atoms. The number of carbonyl (C=O) groups is 1. The number of hydrogen-bond acceptors (Lipinski definition) is 3. The molecule has 0 radical (unpaired) electrons. The standard InChI is InChI=1S/C11H15NO2/c1-7-5-11(14-3)8(2)4-9(7)10(13)6-12/h4-5H,6,12H2,1-3H3. The molecule has 0 atom stereocenters. The van der Waals surface area contributed by atoms with E-state index in [0.29, 0.717) is 5.56 Å². The van der Waals surface area contributed by atoms with E-state index in [0.717, 1.165) is 16.9 Å². The molecule has 2 N–H and O–H groups in total. The summed E-state index contributed by atoms with van der Waals surface area (Å²) in [5, 5.41) is 0. The Bertz CT molecular complexity index is 359. The number of ether oxygens (including phenoxy) is 1. The van der Waals surface area contributed by atoms with Crippen molar-refractivity contribution >= 4 is 5.78 Å². The van der Waals surface area contributed by atoms with Gasteiger partial charge in [-0.1, -0.05) is 0 Å². The number of nitrogens with two attached hydrogens (primary N) is 1. The van der Waals surface area contributed by atoms with Crippen molar-refractivity contribution in [3.63, 3.8) is 0 Å². The minimum Gasteiger partial charge on any atom is -0.496 e. The number of benzene rings is 1. The highest BCUT2D eigenvalue weighted by atomic mass is 16.5. The predicted octanol–water partition coefficient (Wildman–Crippen LogP) is 1.45. The van der Waals surface area contributed by atoms with Gasteiger partial charge in [-0.2, -0.15) is 0 Å². The molecule has 1 aromatic rings. The molecule has 0 unspecified atom stereocenters. The summed E-state index contributed by atoms with van der Waals surface area (Å²) in [7, 11) is 1.62. The van der Waals surface area contributed by atoms with Gasteiger partial charge in [0, 0.05) is 5.56 Å². The third-order valence-corrected chi connectivity index (χ3v) is 2.23. The van der Waals surface area contributed by atoms with E-state index < -0.39 is 0 Å². The third kappa shape index (κ3) is 1.93. The van der Waals surface area contributed by atoms with Crippen LogP contribution in [0.25, 0.3) is 0 Å². The summed E-state index contributed by atoms with van der Waals surface area (Å²) in [6.07, 6.45) is 0. The highest BCUT2D eigenvalue weighted by molar-refractivity contribution is 5.99. The topological polar surface area (TPSA) is 52.3 Å². The lowest BCUT2D eigenvalue weighted by molar-refractivity contribution is 0.100. The minimum absolute atomic E-state index is 0.0340. The van der Waals surface area contributed by atoms with Gasteiger partial charge in [-0.05, 0) is 37.1 Å². The molecule has 0 heterocycles. The second-order valence-corrected chi connectivity index (χ2v) is 3.26. The number of Topliss-reactive ketones (excluding diaryl/α,β-unsaturated/α-hetero) is 1. The van der Waals surface area contributed by atoms with Crippen LogP contribution in [-0.2, 0) is 0 Å². The zero-order chi connectivity index (χ0) is 10.7. The molecular formula is C11H15NO2. The Kier molecular flexibility index (Phi) is 3.25. The second-order valence-electron chi connectivity index (χ2n) is 3.26. The van der Waals surface area contributed by atoms with Crippen molar-refractivity contribution in [2.24, 2.45) is 5.73 Å². The smallest absolute Gasteiger partial charge is 0.176 e. The molecule has 0 aliphatic rings. The summed E-state index contributed by atoms with van der Waals surface area (Å²) in [5.41, 5.74) is 7.86. The number of hydrogen-bond donors (Lipinski definition) is 1. The van der Waals surface area contributed by atoms with Crippen LogP contribution in [0, 0.1) is 13.8 Å². The second kappa shape index (κ2) is 4.24. The van der Waals surface area contributed by atoms with E-state index in [1.54, 1.807) is 7.11 Å². The Balaban J connectivity index is 3.21. The van der Waals surface area contributed by atoms with Gasteiger partial charge in [0.15, 0.2) is 5.78 Å². The summed E-state index contributed by atoms with van der Waals surface area (Å²) in [6, 6.07) is 3.68. The molecule has 0 saturated heterocycles. The van der Waals surface area contributed by atoms with Crippen LogP contribution in [0.2, 0.25) is 0 Å². The van der Waals surface area contributed by atoms with Crippen LogP contribution >= 0.6 is 0 Å². The number of carbonyl (C=O) groups excluding carboxylic acids is 1. The fraction of sp³-hybridized carbons (Fsp3) is 0.364. The molecule has 0 spiro atoms. The maximum Gasteiger partial charge on any atom is 0.176 e. The summed E-state index contributed by atoms with van der Waals surface area (Å²) in [6.45, 7) is 3.84. The Labute approximate surface area is 83.9 Å². The van der Waals surface area contributed by atoms with Crippen molar-refractivity contribution in [1.29, 1.82) is 0 Å². The van der Waals surface area contributed by atoms with Gasteiger partial charge in [0.2, 0.25) is 0 Å². The Morgan fingerprint density at radius 3 is 2.50 bits per heavy atom. The zero-order valence-electron chi connectivity index (χ0n) is 8.76. The van der Waals surface area contributed by atoms with Gasteiger partial charge in [0.25, 0.3) is 0 Å². The van der Waals surface area contributed by atoms with Crippen molar-refractivity contribution in [3.8, 4) is 5.75 Å². The lowest BCUT2D eigenvalue weighted by Gasteiger charge is -2.09. The van der Waals surface area contributed by atoms with Gasteiger partial charge in [-0.3, -0.25) is 4.79 Å². The van der Waals surface area contributed by atoms with Gasteiger partial charge in [0.1, 0.15) is 5.75 Å². The summed E-state index contributed by atoms with van der Waals surface area (Å²) in [4.78, 5) is 11.4. The first-order valence-electron chi connectivity index (χ1n) is 4.48. The fourth-order valence-electron chi connectivity index (χ4n) is 1.42. The average molecular weight is 193 g/mol. The van der Waals surface area contributed by atoms with Crippen LogP contribution in [0.1, 0.15) is 21.5 Å². The number of methoxy groups -OCH3 is 1. The van der Waals surface area contributed by atoms with Gasteiger partial charge in [0.05, 0.1) is 13.7 Å². The molecule has 1 rings (SSSR count). The first-order chi connectivity index (χ1) is 6.60. The van der Waals surface area contributed by atoms with Crippen molar-refractivity contribution in [2.75, 3.05) is 13.7 Å². The molecule has 0 saturated carbocycles. The zero-order valence-corrected chi connectivity index (χ0v) is 8.76. The van der Waals surface area contributed by atoms with Crippen LogP contribution in [0.5, 0.6) is 5.75 Å². The first-order valence-corrected chi connectivity index (χ1v) is 4.48. The molecule has 1 aromatic carbocycles. The quantitative estimate of drug-likeness (QED) is 0.739. The highest BCUT2D eigenvalue weighted by Crippen LogP contribution is 2.22. The SMILES string of the molecule is COc1cc(C)c(C(=O)CN)cc1C. The number of ketones is 1. The number of aryl methyl sites for hydroxylation is 2. The molecular weight excluding hydrogens is 178 g/mol. The van der Waals surface area contributed by atoms with E-state index in [2.05, 4.69) is 0 Å². The average Bonchev–Trinajstić information content (AvgIpc) is 2.19. The molecule has 0 aliphatic heterocycles. The van der Waals surface area contributed by atoms with Gasteiger partial charge < -0.3 is 10.5 Å². The highest BCUT2D eigenvalue weighted by Gasteiger charge is 2.10. The monoisotopic (exact) mass is 193 g/mol. The summed E-state index contributed by atoms with van der Waals surface area (Å²) >= 11 is 0. The molecule has 14 heavy (non-hydrogen) atoms. The Hall–Kier alpha value is -1.35. The van der Waals surface area contributed by atoms with E-state index >= 15 is 0 Å². The molecule has 3 nitrogen and oxygen atoms in total. The van der Waals surface area contributed by atoms with E-state index in [4.69, 9.17) is 10.5 Å². The van der Waals surface area contributed by atoms with Gasteiger partial charge >= 0.3 is 0 Å². The van der Waals surface area contributed by atoms with E-state index in [1.807, 2.05) is 26.0 Å². The molecule has 0 aliphatic carbocycles. The maximum atomic E-state index is 11.4. The van der Waals surface area contributed by atoms with E-state index in [9.17, 15) is 4.79 Å². The van der Waals surface area contributed by atoms with E-state index in [-0.39, 0.29) is 12.3 Å². The lowest BCUT2D eigenvalue weighted by Crippen LogP contribution is -2.15. The molecule has 0 amide bonds. The largest absolute Gasteiger partial charge is 0.496 e. The summed E-state index contributed by atoms with van der Waals surface area (Å²) in [5.74, 6) is 0.768. The van der Waals surface area contributed by atoms with Crippen LogP contribution in [0.4, 0.5) is 0 Å². The molecule has 0 fully saturated rings. The van der Waals surface area contributed by atoms with Crippen LogP contribution < -0.4 is 10.5 Å². The minimum atomic E-state index is -0.0340. The third-order valence-electron chi connectivity index (χ3n) is 2.23. The van der Waals surface area contributed by atoms with Crippen molar-refractivity contribution in [3.05, 3.63) is 28.8 Å². The van der Waals surface area contributed by atoms with Crippen LogP contribution in [-0.4, -0.2) is 19.4 Å². The predicted molar refractivity (Wildman–Crippen MR) is 55.9 cm³/mol. The molecule has 0 aromatic heterocycles. The van der Waals surface area contributed by atoms with Crippen LogP contribution in [0.15, 0.2) is 12.1 Å². The van der Waals surface area contributed by atoms with Crippen LogP contribution in [0.3, 0.4) is 0 Å². The van der Waals surface area contributed by atoms with Gasteiger partial charge in [-0.25, -0.2) is 0 Å². The van der Waals surface area contributed by atoms with Crippen molar-refractivity contribution in [1.82, 2.24) is 0 Å². The normalized spacial score (nSPS) is 10.0. The first kappa shape index (κ1) is 10.7. The van der Waals surface area contributed by atoms with Crippen molar-refractivity contribution in [2.45, 2.75) is 13.8 Å². The lowest BCUT2D eigenvalue weighted by atomic mass is 10.0. The van der Waals surface area contributed by atoms with E-state index in [1.165, 1.54) is 0 Å². The summed E-state index contributed by atoms with van der Waals surface area (Å²) < 4.78 is 5.15. The Morgan fingerprint density at radius 2 is 2.00 bits per heavy atom. The maximum absolute atomic E-state index is 11.4. The fourth-order valence-corrected chi connectivity index (χ4v) is 1.42. The molecule has 3 heteroatoms. The molecule has 76 valence electrons. The Morgan fingerprint density at radius 1 is 1.36 bits per heavy atom. The number of rotatable bonds is 3.